The van der Waals surface area contributed by atoms with E-state index in [0.29, 0.717) is 11.6 Å². The molecule has 202 valence electrons. The summed E-state index contributed by atoms with van der Waals surface area (Å²) in [5.74, 6) is -0.824. The van der Waals surface area contributed by atoms with Gasteiger partial charge in [0.1, 0.15) is 12.6 Å². The number of halogens is 2. The minimum absolute atomic E-state index is 0.0394. The number of nitrogens with one attached hydrogen (secondary N) is 1. The van der Waals surface area contributed by atoms with Crippen LogP contribution in [-0.2, 0) is 26.2 Å². The Morgan fingerprint density at radius 1 is 1.00 bits per heavy atom. The van der Waals surface area contributed by atoms with Crippen molar-refractivity contribution in [3.63, 3.8) is 0 Å². The molecule has 3 rings (SSSR count). The van der Waals surface area contributed by atoms with E-state index in [1.807, 2.05) is 31.2 Å². The lowest BCUT2D eigenvalue weighted by molar-refractivity contribution is -0.139. The van der Waals surface area contributed by atoms with Gasteiger partial charge in [-0.1, -0.05) is 77.3 Å². The first kappa shape index (κ1) is 29.7. The number of hydrogen-bond donors (Lipinski definition) is 1. The second-order valence-corrected chi connectivity index (χ2v) is 12.0. The molecule has 7 nitrogen and oxygen atoms in total. The van der Waals surface area contributed by atoms with Gasteiger partial charge in [-0.3, -0.25) is 13.9 Å². The minimum Gasteiger partial charge on any atom is -0.354 e. The van der Waals surface area contributed by atoms with Gasteiger partial charge in [-0.2, -0.15) is 0 Å². The molecule has 3 aromatic carbocycles. The fourth-order valence-electron chi connectivity index (χ4n) is 3.78. The molecule has 0 aliphatic heterocycles. The number of carbonyl (C=O) groups is 2. The van der Waals surface area contributed by atoms with Gasteiger partial charge in [0.25, 0.3) is 10.0 Å². The maximum absolute atomic E-state index is 13.8. The zero-order valence-corrected chi connectivity index (χ0v) is 24.5. The summed E-state index contributed by atoms with van der Waals surface area (Å²) in [6, 6.07) is 20.8. The molecule has 0 saturated carbocycles. The van der Waals surface area contributed by atoms with Crippen molar-refractivity contribution in [1.29, 1.82) is 0 Å². The first-order valence-corrected chi connectivity index (χ1v) is 14.9. The average Bonchev–Trinajstić information content (AvgIpc) is 2.91. The monoisotopic (exact) mass is 619 g/mol. The predicted octanol–water partition coefficient (Wildman–Crippen LogP) is 5.63. The minimum atomic E-state index is -4.12. The van der Waals surface area contributed by atoms with Gasteiger partial charge in [-0.05, 0) is 61.4 Å². The van der Waals surface area contributed by atoms with Gasteiger partial charge in [0.05, 0.1) is 10.6 Å². The lowest BCUT2D eigenvalue weighted by atomic mass is 10.1. The molecule has 3 aromatic rings. The Morgan fingerprint density at radius 2 is 1.68 bits per heavy atom. The lowest BCUT2D eigenvalue weighted by Gasteiger charge is -2.32. The Balaban J connectivity index is 1.98. The number of benzene rings is 3. The quantitative estimate of drug-likeness (QED) is 0.266. The highest BCUT2D eigenvalue weighted by atomic mass is 79.9. The Kier molecular flexibility index (Phi) is 10.8. The Hall–Kier alpha value is -2.88. The summed E-state index contributed by atoms with van der Waals surface area (Å²) in [4.78, 5) is 28.2. The number of sulfonamides is 1. The van der Waals surface area contributed by atoms with Crippen LogP contribution >= 0.6 is 27.5 Å². The van der Waals surface area contributed by atoms with Gasteiger partial charge in [-0.15, -0.1) is 0 Å². The molecule has 0 spiro atoms. The summed E-state index contributed by atoms with van der Waals surface area (Å²) in [5.41, 5.74) is 1.05. The maximum Gasteiger partial charge on any atom is 0.264 e. The van der Waals surface area contributed by atoms with Gasteiger partial charge in [0, 0.05) is 22.6 Å². The van der Waals surface area contributed by atoms with Crippen molar-refractivity contribution >= 4 is 55.1 Å². The zero-order chi connectivity index (χ0) is 27.7. The Bertz CT molecular complexity index is 1340. The largest absolute Gasteiger partial charge is 0.354 e. The van der Waals surface area contributed by atoms with Crippen LogP contribution in [0.15, 0.2) is 88.2 Å². The van der Waals surface area contributed by atoms with E-state index in [1.165, 1.54) is 23.1 Å². The fraction of sp³-hybridized carbons (Fsp3) is 0.286. The molecule has 2 amide bonds. The summed E-state index contributed by atoms with van der Waals surface area (Å²) in [7, 11) is -4.12. The lowest BCUT2D eigenvalue weighted by Crippen LogP contribution is -2.51. The molecule has 0 unspecified atom stereocenters. The maximum atomic E-state index is 13.8. The van der Waals surface area contributed by atoms with Crippen molar-refractivity contribution in [3.8, 4) is 0 Å². The van der Waals surface area contributed by atoms with Crippen molar-refractivity contribution in [2.75, 3.05) is 17.4 Å². The van der Waals surface area contributed by atoms with E-state index in [1.54, 1.807) is 43.3 Å². The summed E-state index contributed by atoms with van der Waals surface area (Å²) in [5, 5.41) is 3.20. The Morgan fingerprint density at radius 3 is 2.32 bits per heavy atom. The van der Waals surface area contributed by atoms with E-state index in [2.05, 4.69) is 21.2 Å². The molecule has 0 saturated heterocycles. The normalized spacial score (nSPS) is 12.0. The Labute approximate surface area is 238 Å². The van der Waals surface area contributed by atoms with E-state index in [-0.39, 0.29) is 23.0 Å². The molecule has 1 atom stereocenters. The SMILES string of the molecule is CCCCNC(=O)[C@@H](C)N(Cc1ccc(Br)cc1)C(=O)CN(c1cccc(Cl)c1)S(=O)(=O)c1ccccc1. The van der Waals surface area contributed by atoms with Crippen LogP contribution in [-0.4, -0.2) is 44.3 Å². The van der Waals surface area contributed by atoms with Crippen molar-refractivity contribution in [2.24, 2.45) is 0 Å². The molecule has 0 aromatic heterocycles. The third kappa shape index (κ3) is 7.82. The van der Waals surface area contributed by atoms with Crippen LogP contribution < -0.4 is 9.62 Å². The fourth-order valence-corrected chi connectivity index (χ4v) is 5.66. The highest BCUT2D eigenvalue weighted by Crippen LogP contribution is 2.27. The zero-order valence-electron chi connectivity index (χ0n) is 21.3. The number of amides is 2. The van der Waals surface area contributed by atoms with E-state index < -0.39 is 28.5 Å². The summed E-state index contributed by atoms with van der Waals surface area (Å²) < 4.78 is 29.3. The number of anilines is 1. The van der Waals surface area contributed by atoms with Gasteiger partial charge < -0.3 is 10.2 Å². The van der Waals surface area contributed by atoms with Crippen LogP contribution in [0.2, 0.25) is 5.02 Å². The number of unbranched alkanes of at least 4 members (excludes halogenated alkanes) is 1. The van der Waals surface area contributed by atoms with Crippen LogP contribution in [0.4, 0.5) is 5.69 Å². The van der Waals surface area contributed by atoms with E-state index in [0.717, 1.165) is 27.2 Å². The van der Waals surface area contributed by atoms with Crippen molar-refractivity contribution in [3.05, 3.63) is 93.9 Å². The predicted molar refractivity (Wildman–Crippen MR) is 154 cm³/mol. The van der Waals surface area contributed by atoms with E-state index in [9.17, 15) is 18.0 Å². The molecule has 38 heavy (non-hydrogen) atoms. The van der Waals surface area contributed by atoms with Gasteiger partial charge in [0.15, 0.2) is 0 Å². The molecule has 0 radical (unpaired) electrons. The highest BCUT2D eigenvalue weighted by Gasteiger charge is 2.32. The number of rotatable bonds is 12. The first-order chi connectivity index (χ1) is 18.1. The highest BCUT2D eigenvalue weighted by molar-refractivity contribution is 9.10. The van der Waals surface area contributed by atoms with E-state index >= 15 is 0 Å². The van der Waals surface area contributed by atoms with Crippen LogP contribution in [0.5, 0.6) is 0 Å². The second-order valence-electron chi connectivity index (χ2n) is 8.77. The van der Waals surface area contributed by atoms with Crippen molar-refractivity contribution < 1.29 is 18.0 Å². The van der Waals surface area contributed by atoms with Crippen molar-refractivity contribution in [2.45, 2.75) is 44.2 Å². The molecule has 1 N–H and O–H groups in total. The summed E-state index contributed by atoms with van der Waals surface area (Å²) in [6.07, 6.45) is 1.74. The van der Waals surface area contributed by atoms with Gasteiger partial charge in [0.2, 0.25) is 11.8 Å². The van der Waals surface area contributed by atoms with Crippen LogP contribution in [0.1, 0.15) is 32.3 Å². The summed E-state index contributed by atoms with van der Waals surface area (Å²) >= 11 is 9.59. The third-order valence-corrected chi connectivity index (χ3v) is 8.52. The molecule has 0 heterocycles. The first-order valence-electron chi connectivity index (χ1n) is 12.3. The molecule has 0 aliphatic rings. The standard InChI is InChI=1S/C28H31BrClN3O4S/c1-3-4-17-31-28(35)21(2)32(19-22-13-15-23(29)16-14-22)27(34)20-33(25-10-8-9-24(30)18-25)38(36,37)26-11-6-5-7-12-26/h5-16,18,21H,3-4,17,19-20H2,1-2H3,(H,31,35)/t21-/m1/s1. The molecular formula is C28H31BrClN3O4S. The van der Waals surface area contributed by atoms with Crippen LogP contribution in [0.25, 0.3) is 0 Å². The van der Waals surface area contributed by atoms with Crippen LogP contribution in [0.3, 0.4) is 0 Å². The molecular weight excluding hydrogens is 590 g/mol. The second kappa shape index (κ2) is 13.8. The molecule has 0 aliphatic carbocycles. The number of nitrogens with zero attached hydrogens (tertiary/aromatic N) is 2. The van der Waals surface area contributed by atoms with Crippen LogP contribution in [0, 0.1) is 0 Å². The summed E-state index contributed by atoms with van der Waals surface area (Å²) in [6.45, 7) is 3.78. The molecule has 0 fully saturated rings. The molecule has 0 bridgehead atoms. The number of hydrogen-bond acceptors (Lipinski definition) is 4. The average molecular weight is 621 g/mol. The third-order valence-electron chi connectivity index (χ3n) is 5.97. The number of carbonyl (C=O) groups excluding carboxylic acids is 2. The molecule has 10 heteroatoms. The smallest absolute Gasteiger partial charge is 0.264 e. The van der Waals surface area contributed by atoms with Gasteiger partial charge in [-0.25, -0.2) is 8.42 Å². The van der Waals surface area contributed by atoms with Gasteiger partial charge >= 0.3 is 0 Å². The van der Waals surface area contributed by atoms with E-state index in [4.69, 9.17) is 11.6 Å². The van der Waals surface area contributed by atoms with Crippen molar-refractivity contribution in [1.82, 2.24) is 10.2 Å². The topological polar surface area (TPSA) is 86.8 Å².